The Kier molecular flexibility index (Phi) is 7.92. The number of amides is 3. The molecule has 11 heteroatoms. The number of benzene rings is 1. The Bertz CT molecular complexity index is 939. The largest absolute Gasteiger partial charge is 0.417 e. The van der Waals surface area contributed by atoms with Crippen LogP contribution in [0.1, 0.15) is 30.4 Å². The lowest BCUT2D eigenvalue weighted by Crippen LogP contribution is -2.48. The van der Waals surface area contributed by atoms with Gasteiger partial charge in [-0.15, -0.1) is 0 Å². The van der Waals surface area contributed by atoms with Crippen molar-refractivity contribution in [2.75, 3.05) is 58.4 Å². The number of nitrogens with one attached hydrogen (secondary N) is 2. The van der Waals surface area contributed by atoms with Crippen molar-refractivity contribution in [1.82, 2.24) is 15.5 Å². The molecule has 1 aromatic rings. The fraction of sp³-hybridized carbons (Fsp3) is 0.609. The Balaban J connectivity index is 1.73. The number of hydrogen-bond donors (Lipinski definition) is 2. The molecule has 0 aliphatic carbocycles. The molecule has 0 radical (unpaired) electrons. The molecule has 34 heavy (non-hydrogen) atoms. The predicted molar refractivity (Wildman–Crippen MR) is 119 cm³/mol. The van der Waals surface area contributed by atoms with Crippen molar-refractivity contribution in [2.45, 2.75) is 25.4 Å². The van der Waals surface area contributed by atoms with Crippen LogP contribution in [0.25, 0.3) is 0 Å². The van der Waals surface area contributed by atoms with Crippen LogP contribution in [-0.2, 0) is 15.7 Å². The van der Waals surface area contributed by atoms with E-state index in [0.29, 0.717) is 64.3 Å². The summed E-state index contributed by atoms with van der Waals surface area (Å²) in [5.74, 6) is -0.531. The van der Waals surface area contributed by atoms with Crippen molar-refractivity contribution in [2.24, 2.45) is 11.3 Å². The van der Waals surface area contributed by atoms with Crippen LogP contribution in [-0.4, -0.2) is 70.3 Å². The van der Waals surface area contributed by atoms with Gasteiger partial charge in [0.05, 0.1) is 23.1 Å². The van der Waals surface area contributed by atoms with Gasteiger partial charge in [0.25, 0.3) is 0 Å². The summed E-state index contributed by atoms with van der Waals surface area (Å²) in [7, 11) is 3.15. The van der Waals surface area contributed by atoms with Crippen LogP contribution in [0.3, 0.4) is 0 Å². The molecule has 1 spiro atoms. The summed E-state index contributed by atoms with van der Waals surface area (Å²) in [6.07, 6.45) is -2.83. The minimum absolute atomic E-state index is 0.138. The van der Waals surface area contributed by atoms with Crippen molar-refractivity contribution in [3.8, 4) is 6.07 Å². The third-order valence-corrected chi connectivity index (χ3v) is 6.85. The van der Waals surface area contributed by atoms with E-state index in [1.807, 2.05) is 4.90 Å². The maximum absolute atomic E-state index is 13.4. The highest BCUT2D eigenvalue weighted by Gasteiger charge is 2.52. The summed E-state index contributed by atoms with van der Waals surface area (Å²) in [5.41, 5.74) is -1.41. The second-order valence-corrected chi connectivity index (χ2v) is 8.81. The number of methoxy groups -OCH3 is 1. The maximum atomic E-state index is 13.4. The quantitative estimate of drug-likeness (QED) is 0.609. The van der Waals surface area contributed by atoms with Gasteiger partial charge >= 0.3 is 12.2 Å². The van der Waals surface area contributed by atoms with Crippen LogP contribution in [0.15, 0.2) is 18.2 Å². The highest BCUT2D eigenvalue weighted by molar-refractivity contribution is 5.82. The third kappa shape index (κ3) is 5.38. The van der Waals surface area contributed by atoms with E-state index in [1.165, 1.54) is 12.1 Å². The lowest BCUT2D eigenvalue weighted by Gasteiger charge is -2.42. The third-order valence-electron chi connectivity index (χ3n) is 6.85. The lowest BCUT2D eigenvalue weighted by molar-refractivity contribution is -0.137. The summed E-state index contributed by atoms with van der Waals surface area (Å²) < 4.78 is 45.2. The number of urea groups is 1. The Labute approximate surface area is 197 Å². The van der Waals surface area contributed by atoms with Gasteiger partial charge in [0.15, 0.2) is 0 Å². The fourth-order valence-electron chi connectivity index (χ4n) is 4.96. The smallest absolute Gasteiger partial charge is 0.385 e. The summed E-state index contributed by atoms with van der Waals surface area (Å²) in [4.78, 5) is 28.8. The number of likely N-dealkylation sites (tertiary alicyclic amines) is 1. The molecule has 2 fully saturated rings. The van der Waals surface area contributed by atoms with Crippen molar-refractivity contribution in [3.05, 3.63) is 29.3 Å². The summed E-state index contributed by atoms with van der Waals surface area (Å²) in [5, 5.41) is 14.6. The zero-order chi connectivity index (χ0) is 24.9. The van der Waals surface area contributed by atoms with Gasteiger partial charge < -0.3 is 25.2 Å². The number of rotatable bonds is 6. The Hall–Kier alpha value is -3.00. The second-order valence-electron chi connectivity index (χ2n) is 8.81. The number of alkyl halides is 3. The predicted octanol–water partition coefficient (Wildman–Crippen LogP) is 2.59. The normalized spacial score (nSPS) is 19.7. The first-order valence-corrected chi connectivity index (χ1v) is 11.2. The number of hydrogen-bond acceptors (Lipinski definition) is 5. The molecule has 3 amide bonds. The topological polar surface area (TPSA) is 97.7 Å². The number of carbonyl (C=O) groups is 2. The zero-order valence-electron chi connectivity index (χ0n) is 19.4. The van der Waals surface area contributed by atoms with Crippen molar-refractivity contribution in [3.63, 3.8) is 0 Å². The van der Waals surface area contributed by atoms with Gasteiger partial charge in [-0.25, -0.2) is 4.79 Å². The van der Waals surface area contributed by atoms with Crippen molar-refractivity contribution >= 4 is 17.6 Å². The Morgan fingerprint density at radius 1 is 1.29 bits per heavy atom. The summed E-state index contributed by atoms with van der Waals surface area (Å²) in [6.45, 7) is 2.60. The van der Waals surface area contributed by atoms with E-state index in [9.17, 15) is 22.8 Å². The summed E-state index contributed by atoms with van der Waals surface area (Å²) >= 11 is 0. The standard InChI is InChI=1S/C23H30F3N5O3/c1-28-20(32)19-14-31(21(33)29-8-3-11-34-2)15-22(19)6-9-30(10-7-22)17-5-4-16(13-27)18(12-17)23(24,25)26/h4-5,12,19H,3,6-11,14-15H2,1-2H3,(H,28,32)(H,29,33). The first-order valence-electron chi connectivity index (χ1n) is 11.2. The molecule has 2 N–H and O–H groups in total. The van der Waals surface area contributed by atoms with Crippen molar-refractivity contribution in [1.29, 1.82) is 5.26 Å². The molecule has 8 nitrogen and oxygen atoms in total. The summed E-state index contributed by atoms with van der Waals surface area (Å²) in [6, 6.07) is 5.10. The van der Waals surface area contributed by atoms with E-state index in [0.717, 1.165) is 6.07 Å². The molecule has 1 unspecified atom stereocenters. The highest BCUT2D eigenvalue weighted by atomic mass is 19.4. The molecule has 3 rings (SSSR count). The monoisotopic (exact) mass is 481 g/mol. The van der Waals surface area contributed by atoms with E-state index in [1.54, 1.807) is 25.1 Å². The van der Waals surface area contributed by atoms with Gasteiger partial charge in [-0.05, 0) is 37.5 Å². The Morgan fingerprint density at radius 2 is 2.00 bits per heavy atom. The molecule has 0 saturated carbocycles. The van der Waals surface area contributed by atoms with Gasteiger partial charge in [-0.1, -0.05) is 0 Å². The molecule has 2 aliphatic heterocycles. The molecule has 0 aromatic heterocycles. The molecule has 2 saturated heterocycles. The molecular formula is C23H30F3N5O3. The lowest BCUT2D eigenvalue weighted by atomic mass is 9.70. The van der Waals surface area contributed by atoms with Crippen molar-refractivity contribution < 1.29 is 27.5 Å². The maximum Gasteiger partial charge on any atom is 0.417 e. The fourth-order valence-corrected chi connectivity index (χ4v) is 4.96. The van der Waals surface area contributed by atoms with Crippen LogP contribution in [0.4, 0.5) is 23.7 Å². The van der Waals surface area contributed by atoms with E-state index in [-0.39, 0.29) is 11.9 Å². The molecule has 0 bridgehead atoms. The van der Waals surface area contributed by atoms with E-state index >= 15 is 0 Å². The van der Waals surface area contributed by atoms with Crippen LogP contribution >= 0.6 is 0 Å². The van der Waals surface area contributed by atoms with E-state index < -0.39 is 28.6 Å². The Morgan fingerprint density at radius 3 is 2.59 bits per heavy atom. The van der Waals surface area contributed by atoms with Gasteiger partial charge in [0, 0.05) is 64.6 Å². The molecule has 1 atom stereocenters. The van der Waals surface area contributed by atoms with Gasteiger partial charge in [-0.3, -0.25) is 4.79 Å². The first-order chi connectivity index (χ1) is 16.1. The average molecular weight is 482 g/mol. The first kappa shape index (κ1) is 25.6. The van der Waals surface area contributed by atoms with Gasteiger partial charge in [0.1, 0.15) is 0 Å². The molecule has 2 heterocycles. The van der Waals surface area contributed by atoms with Gasteiger partial charge in [0.2, 0.25) is 5.91 Å². The minimum atomic E-state index is -4.62. The number of nitriles is 1. The average Bonchev–Trinajstić information content (AvgIpc) is 3.19. The SMILES string of the molecule is CNC(=O)C1CN(C(=O)NCCCOC)CC12CCN(c1ccc(C#N)c(C(F)(F)F)c1)CC2. The second kappa shape index (κ2) is 10.5. The number of ether oxygens (including phenoxy) is 1. The minimum Gasteiger partial charge on any atom is -0.385 e. The van der Waals surface area contributed by atoms with Crippen LogP contribution < -0.4 is 15.5 Å². The van der Waals surface area contributed by atoms with Crippen LogP contribution in [0.2, 0.25) is 0 Å². The molecular weight excluding hydrogens is 451 g/mol. The number of nitrogens with zero attached hydrogens (tertiary/aromatic N) is 3. The number of anilines is 1. The number of halogens is 3. The highest BCUT2D eigenvalue weighted by Crippen LogP contribution is 2.46. The number of piperidine rings is 1. The van der Waals surface area contributed by atoms with E-state index in [2.05, 4.69) is 10.6 Å². The van der Waals surface area contributed by atoms with Crippen LogP contribution in [0, 0.1) is 22.7 Å². The number of carbonyl (C=O) groups excluding carboxylic acids is 2. The van der Waals surface area contributed by atoms with E-state index in [4.69, 9.17) is 10.00 Å². The molecule has 186 valence electrons. The molecule has 1 aromatic carbocycles. The van der Waals surface area contributed by atoms with Gasteiger partial charge in [-0.2, -0.15) is 18.4 Å². The zero-order valence-corrected chi connectivity index (χ0v) is 19.4. The molecule has 2 aliphatic rings. The van der Waals surface area contributed by atoms with Crippen LogP contribution in [0.5, 0.6) is 0 Å².